The number of benzene rings is 1. The maximum absolute atomic E-state index is 12.1. The van der Waals surface area contributed by atoms with E-state index in [0.717, 1.165) is 5.01 Å². The summed E-state index contributed by atoms with van der Waals surface area (Å²) in [6.45, 7) is 4.27. The Morgan fingerprint density at radius 2 is 1.95 bits per heavy atom. The number of carbonyl (C=O) groups excluding carboxylic acids is 1. The fourth-order valence-corrected chi connectivity index (χ4v) is 2.88. The Bertz CT molecular complexity index is 614. The molecule has 1 fully saturated rings. The Labute approximate surface area is 122 Å². The molecule has 4 nitrogen and oxygen atoms in total. The summed E-state index contributed by atoms with van der Waals surface area (Å²) in [6.07, 6.45) is 2.39. The molecule has 1 aromatic carbocycles. The highest BCUT2D eigenvalue weighted by Gasteiger charge is 2.27. The van der Waals surface area contributed by atoms with Crippen molar-refractivity contribution >= 4 is 22.4 Å². The van der Waals surface area contributed by atoms with Gasteiger partial charge < -0.3 is 0 Å². The molecule has 0 aliphatic heterocycles. The molecule has 104 valence electrons. The summed E-state index contributed by atoms with van der Waals surface area (Å²) in [5.74, 6) is 0.915. The van der Waals surface area contributed by atoms with Gasteiger partial charge >= 0.3 is 0 Å². The lowest BCUT2D eigenvalue weighted by Crippen LogP contribution is -2.11. The molecule has 1 heterocycles. The van der Waals surface area contributed by atoms with Crippen LogP contribution < -0.4 is 5.32 Å². The van der Waals surface area contributed by atoms with Gasteiger partial charge in [0.1, 0.15) is 5.01 Å². The van der Waals surface area contributed by atoms with Crippen LogP contribution in [-0.4, -0.2) is 16.1 Å². The molecule has 1 aliphatic carbocycles. The lowest BCUT2D eigenvalue weighted by molar-refractivity contribution is 0.102. The second-order valence-electron chi connectivity index (χ2n) is 5.45. The summed E-state index contributed by atoms with van der Waals surface area (Å²) < 4.78 is 0. The zero-order valence-electron chi connectivity index (χ0n) is 11.6. The largest absolute Gasteiger partial charge is 0.296 e. The maximum atomic E-state index is 12.1. The van der Waals surface area contributed by atoms with Crippen LogP contribution in [0.2, 0.25) is 0 Å². The Balaban J connectivity index is 1.68. The van der Waals surface area contributed by atoms with Crippen molar-refractivity contribution in [2.24, 2.45) is 0 Å². The molecule has 2 aromatic rings. The molecule has 1 amide bonds. The summed E-state index contributed by atoms with van der Waals surface area (Å²) >= 11 is 1.48. The van der Waals surface area contributed by atoms with Gasteiger partial charge in [0.05, 0.1) is 0 Å². The normalized spacial score (nSPS) is 14.6. The Hall–Kier alpha value is -1.75. The van der Waals surface area contributed by atoms with Crippen LogP contribution in [0.4, 0.5) is 5.13 Å². The van der Waals surface area contributed by atoms with E-state index in [2.05, 4.69) is 29.4 Å². The first kappa shape index (κ1) is 13.2. The number of nitrogens with zero attached hydrogens (tertiary/aromatic N) is 2. The third kappa shape index (κ3) is 2.88. The van der Waals surface area contributed by atoms with Crippen molar-refractivity contribution in [2.75, 3.05) is 5.32 Å². The number of anilines is 1. The maximum Gasteiger partial charge on any atom is 0.257 e. The van der Waals surface area contributed by atoms with Gasteiger partial charge in [-0.3, -0.25) is 10.1 Å². The molecular weight excluding hydrogens is 270 g/mol. The minimum absolute atomic E-state index is 0.126. The van der Waals surface area contributed by atoms with E-state index in [1.54, 1.807) is 0 Å². The molecule has 0 unspecified atom stereocenters. The summed E-state index contributed by atoms with van der Waals surface area (Å²) in [5.41, 5.74) is 1.88. The monoisotopic (exact) mass is 287 g/mol. The second-order valence-corrected chi connectivity index (χ2v) is 6.46. The molecule has 1 aromatic heterocycles. The molecule has 0 bridgehead atoms. The van der Waals surface area contributed by atoms with E-state index in [0.29, 0.717) is 22.5 Å². The lowest BCUT2D eigenvalue weighted by atomic mass is 10.0. The molecule has 0 radical (unpaired) electrons. The summed E-state index contributed by atoms with van der Waals surface area (Å²) in [4.78, 5) is 12.1. The number of aromatic nitrogens is 2. The van der Waals surface area contributed by atoms with Crippen molar-refractivity contribution in [3.05, 3.63) is 40.4 Å². The van der Waals surface area contributed by atoms with Gasteiger partial charge in [0.2, 0.25) is 5.13 Å². The van der Waals surface area contributed by atoms with Gasteiger partial charge in [0.15, 0.2) is 0 Å². The average Bonchev–Trinajstić information content (AvgIpc) is 3.20. The standard InChI is InChI=1S/C15H17N3OS/c1-9(2)10-3-5-11(6-4-10)13(19)16-15-18-17-14(20-15)12-7-8-12/h3-6,9,12H,7-8H2,1-2H3,(H,16,18,19). The van der Waals surface area contributed by atoms with Crippen molar-refractivity contribution in [2.45, 2.75) is 38.5 Å². The van der Waals surface area contributed by atoms with Crippen molar-refractivity contribution in [3.8, 4) is 0 Å². The van der Waals surface area contributed by atoms with Crippen LogP contribution in [0.3, 0.4) is 0 Å². The van der Waals surface area contributed by atoms with E-state index < -0.39 is 0 Å². The number of hydrogen-bond acceptors (Lipinski definition) is 4. The number of rotatable bonds is 4. The highest BCUT2D eigenvalue weighted by atomic mass is 32.1. The molecule has 0 atom stereocenters. The molecule has 3 rings (SSSR count). The zero-order valence-corrected chi connectivity index (χ0v) is 12.4. The average molecular weight is 287 g/mol. The summed E-state index contributed by atoms with van der Waals surface area (Å²) in [7, 11) is 0. The van der Waals surface area contributed by atoms with Gasteiger partial charge in [-0.2, -0.15) is 0 Å². The smallest absolute Gasteiger partial charge is 0.257 e. The first-order valence-corrected chi connectivity index (χ1v) is 7.70. The minimum atomic E-state index is -0.126. The van der Waals surface area contributed by atoms with E-state index in [4.69, 9.17) is 0 Å². The third-order valence-corrected chi connectivity index (χ3v) is 4.43. The van der Waals surface area contributed by atoms with Crippen molar-refractivity contribution in [1.29, 1.82) is 0 Å². The van der Waals surface area contributed by atoms with Gasteiger partial charge in [-0.05, 0) is 36.5 Å². The minimum Gasteiger partial charge on any atom is -0.296 e. The van der Waals surface area contributed by atoms with Gasteiger partial charge in [-0.15, -0.1) is 10.2 Å². The van der Waals surface area contributed by atoms with Gasteiger partial charge in [0.25, 0.3) is 5.91 Å². The number of nitrogens with one attached hydrogen (secondary N) is 1. The topological polar surface area (TPSA) is 54.9 Å². The lowest BCUT2D eigenvalue weighted by Gasteiger charge is -2.06. The molecule has 1 N–H and O–H groups in total. The van der Waals surface area contributed by atoms with Crippen molar-refractivity contribution in [3.63, 3.8) is 0 Å². The van der Waals surface area contributed by atoms with Gasteiger partial charge in [-0.1, -0.05) is 37.3 Å². The van der Waals surface area contributed by atoms with Crippen LogP contribution in [0, 0.1) is 0 Å². The van der Waals surface area contributed by atoms with Gasteiger partial charge in [0, 0.05) is 11.5 Å². The summed E-state index contributed by atoms with van der Waals surface area (Å²) in [5, 5.41) is 12.6. The van der Waals surface area contributed by atoms with Crippen LogP contribution >= 0.6 is 11.3 Å². The molecule has 0 spiro atoms. The summed E-state index contributed by atoms with van der Waals surface area (Å²) in [6, 6.07) is 7.70. The third-order valence-electron chi connectivity index (χ3n) is 3.43. The van der Waals surface area contributed by atoms with Crippen molar-refractivity contribution in [1.82, 2.24) is 10.2 Å². The van der Waals surface area contributed by atoms with Gasteiger partial charge in [-0.25, -0.2) is 0 Å². The fourth-order valence-electron chi connectivity index (χ4n) is 1.97. The van der Waals surface area contributed by atoms with Crippen LogP contribution in [0.25, 0.3) is 0 Å². The fraction of sp³-hybridized carbons (Fsp3) is 0.400. The highest BCUT2D eigenvalue weighted by Crippen LogP contribution is 2.42. The predicted molar refractivity (Wildman–Crippen MR) is 80.4 cm³/mol. The zero-order chi connectivity index (χ0) is 14.1. The molecule has 20 heavy (non-hydrogen) atoms. The molecular formula is C15H17N3OS. The van der Waals surface area contributed by atoms with Crippen LogP contribution in [0.1, 0.15) is 59.5 Å². The van der Waals surface area contributed by atoms with E-state index in [1.807, 2.05) is 24.3 Å². The number of amides is 1. The van der Waals surface area contributed by atoms with E-state index >= 15 is 0 Å². The Morgan fingerprint density at radius 3 is 2.55 bits per heavy atom. The predicted octanol–water partition coefficient (Wildman–Crippen LogP) is 3.79. The SMILES string of the molecule is CC(C)c1ccc(C(=O)Nc2nnc(C3CC3)s2)cc1. The molecule has 1 saturated carbocycles. The molecule has 1 aliphatic rings. The number of carbonyl (C=O) groups is 1. The van der Waals surface area contributed by atoms with Crippen LogP contribution in [-0.2, 0) is 0 Å². The molecule has 5 heteroatoms. The Morgan fingerprint density at radius 1 is 1.25 bits per heavy atom. The van der Waals surface area contributed by atoms with Crippen LogP contribution in [0.15, 0.2) is 24.3 Å². The van der Waals surface area contributed by atoms with Crippen LogP contribution in [0.5, 0.6) is 0 Å². The Kier molecular flexibility index (Phi) is 3.53. The van der Waals surface area contributed by atoms with E-state index in [9.17, 15) is 4.79 Å². The number of hydrogen-bond donors (Lipinski definition) is 1. The van der Waals surface area contributed by atoms with E-state index in [1.165, 1.54) is 29.7 Å². The quantitative estimate of drug-likeness (QED) is 0.930. The first-order valence-electron chi connectivity index (χ1n) is 6.88. The van der Waals surface area contributed by atoms with Crippen molar-refractivity contribution < 1.29 is 4.79 Å². The highest BCUT2D eigenvalue weighted by molar-refractivity contribution is 7.15. The molecule has 0 saturated heterocycles. The van der Waals surface area contributed by atoms with E-state index in [-0.39, 0.29) is 5.91 Å². The first-order chi connectivity index (χ1) is 9.63. The second kappa shape index (κ2) is 5.32.